The minimum Gasteiger partial charge on any atom is -0.393 e. The monoisotopic (exact) mass is 1380 g/mol. The van der Waals surface area contributed by atoms with E-state index in [0.717, 1.165) is 0 Å². The Bertz CT molecular complexity index is 3520. The highest BCUT2D eigenvalue weighted by Gasteiger charge is 2.84. The second kappa shape index (κ2) is 22.7. The molecule has 456 valence electrons. The molecular weight excluding hydrogens is 1320 g/mol. The summed E-state index contributed by atoms with van der Waals surface area (Å²) in [5, 5.41) is 2.72. The molecule has 8 aliphatic heterocycles. The lowest BCUT2D eigenvalue weighted by atomic mass is 10.1. The van der Waals surface area contributed by atoms with Crippen LogP contribution < -0.4 is 41.5 Å². The molecule has 20 nitrogen and oxygen atoms in total. The molecule has 8 aromatic carbocycles. The molecule has 8 fully saturated rings. The largest absolute Gasteiger partial charge is 0.515 e. The molecule has 2 atom stereocenters. The third-order valence-corrected chi connectivity index (χ3v) is 59.8. The first-order valence-electron chi connectivity index (χ1n) is 29.3. The average Bonchev–Trinajstić information content (AvgIpc) is 0.698. The van der Waals surface area contributed by atoms with E-state index in [1.165, 1.54) is 0 Å². The summed E-state index contributed by atoms with van der Waals surface area (Å²) in [6, 6.07) is 72.3. The number of rotatable bonds is 12. The Morgan fingerprint density at radius 2 is 0.411 bits per heavy atom. The van der Waals surface area contributed by atoms with E-state index in [-0.39, 0.29) is 24.9 Å². The van der Waals surface area contributed by atoms with Crippen LogP contribution in [0.5, 0.6) is 0 Å². The summed E-state index contributed by atoms with van der Waals surface area (Å²) < 4.78 is 128. The van der Waals surface area contributed by atoms with Gasteiger partial charge in [-0.1, -0.05) is 243 Å². The van der Waals surface area contributed by atoms with E-state index >= 15 is 0 Å². The number of cyclic esters (lactones) is 4. The smallest absolute Gasteiger partial charge is 0.393 e. The molecule has 0 saturated carbocycles. The van der Waals surface area contributed by atoms with Gasteiger partial charge in [0.2, 0.25) is 0 Å². The zero-order chi connectivity index (χ0) is 61.5. The second-order valence-corrected chi connectivity index (χ2v) is 53.2. The van der Waals surface area contributed by atoms with Crippen molar-refractivity contribution in [3.8, 4) is 0 Å². The molecular formula is C60H56O20Si10. The first-order valence-corrected chi connectivity index (χ1v) is 48.1. The lowest BCUT2D eigenvalue weighted by Crippen LogP contribution is -2.93. The third kappa shape index (κ3) is 10.6. The Balaban J connectivity index is 1.20. The Morgan fingerprint density at radius 3 is 0.556 bits per heavy atom. The van der Waals surface area contributed by atoms with Gasteiger partial charge in [-0.25, -0.2) is 0 Å². The van der Waals surface area contributed by atoms with Gasteiger partial charge in [0.05, 0.1) is 24.7 Å². The van der Waals surface area contributed by atoms with Crippen LogP contribution in [0.25, 0.3) is 0 Å². The van der Waals surface area contributed by atoms with Crippen LogP contribution in [0.2, 0.25) is 25.2 Å². The number of carbonyl (C=O) groups excluding carboxylic acids is 4. The molecule has 30 heteroatoms. The zero-order valence-electron chi connectivity index (χ0n) is 48.2. The van der Waals surface area contributed by atoms with Gasteiger partial charge in [0.15, 0.2) is 0 Å². The summed E-state index contributed by atoms with van der Waals surface area (Å²) in [5.41, 5.74) is 0. The predicted octanol–water partition coefficient (Wildman–Crippen LogP) is 3.38. The zero-order valence-corrected chi connectivity index (χ0v) is 58.2. The van der Waals surface area contributed by atoms with Gasteiger partial charge in [0.1, 0.15) is 0 Å². The van der Waals surface area contributed by atoms with Crippen LogP contribution >= 0.6 is 0 Å². The molecule has 8 bridgehead atoms. The van der Waals surface area contributed by atoms with Crippen molar-refractivity contribution in [1.82, 2.24) is 0 Å². The van der Waals surface area contributed by atoms with Crippen LogP contribution in [-0.4, -0.2) is 111 Å². The number of hydrogen-bond acceptors (Lipinski definition) is 20. The maximum absolute atomic E-state index is 14.3. The maximum Gasteiger partial charge on any atom is 0.515 e. The molecule has 0 aromatic heterocycles. The van der Waals surface area contributed by atoms with Crippen LogP contribution in [0.1, 0.15) is 12.8 Å². The van der Waals surface area contributed by atoms with Crippen molar-refractivity contribution in [1.29, 1.82) is 0 Å². The fourth-order valence-electron chi connectivity index (χ4n) is 12.4. The van der Waals surface area contributed by atoms with E-state index in [9.17, 15) is 19.2 Å². The number of benzene rings is 8. The van der Waals surface area contributed by atoms with Crippen molar-refractivity contribution < 1.29 is 86.3 Å². The minimum atomic E-state index is -5.46. The molecule has 8 heterocycles. The fraction of sp³-hybridized carbons (Fsp3) is 0.133. The molecule has 8 aliphatic rings. The molecule has 8 aromatic rings. The molecule has 0 amide bonds. The van der Waals surface area contributed by atoms with Crippen molar-refractivity contribution in [2.24, 2.45) is 11.8 Å². The standard InChI is InChI=1S/C60H56O20Si10/c1-81(45-47-43-57(61)65-59(47)63)67-83(49-27-11-3-12-28-49)71-87(53-35-19-7-20-36-53)75-85(51-31-15-5-16-32-51)69-82(2,46-48-44-58(62)66-60(48)64)70-86(52-33-17-6-18-34-52)77-89(79-87,55-39-23-9-24-40-55)73-84(68-81,50-29-13-4-14-30-50)74-90(78-86,56-41-25-10-26-42-56)80-88(72-83,76-85)54-37-21-8-22-38-54/h3-42,47-48H,43-46H2,1-2H3. The van der Waals surface area contributed by atoms with Gasteiger partial charge in [-0.15, -0.1) is 0 Å². The van der Waals surface area contributed by atoms with Crippen LogP contribution in [0.3, 0.4) is 0 Å². The van der Waals surface area contributed by atoms with Crippen molar-refractivity contribution in [3.63, 3.8) is 0 Å². The van der Waals surface area contributed by atoms with E-state index < -0.39 is 123 Å². The SMILES string of the molecule is C[Si]1(CC2CC(=O)OC2=O)O[Si]2(c3ccccc3)O[Si]3(c4ccccc4)O[Si]4(c5ccccc5)O[Si](C)(CC5CC(=O)OC5=O)O[Si]5(c6ccccc6)O[Si](c6ccccc6)(O[Si](c6ccccc6)(O1)O[Si](c1ccccc1)(O5)O[Si](c1ccccc1)(O2)O4)O3. The molecule has 0 aliphatic carbocycles. The summed E-state index contributed by atoms with van der Waals surface area (Å²) >= 11 is 0. The molecule has 90 heavy (non-hydrogen) atoms. The van der Waals surface area contributed by atoms with Crippen LogP contribution in [0.4, 0.5) is 0 Å². The summed E-state index contributed by atoms with van der Waals surface area (Å²) in [6.07, 6.45) is -0.612. The van der Waals surface area contributed by atoms with Crippen LogP contribution in [-0.2, 0) is 86.3 Å². The first-order chi connectivity index (χ1) is 43.5. The highest BCUT2D eigenvalue weighted by Crippen LogP contribution is 2.49. The minimum absolute atomic E-state index is 0.251. The highest BCUT2D eigenvalue weighted by molar-refractivity contribution is 7.12. The normalized spacial score (nSPS) is 35.5. The number of esters is 4. The van der Waals surface area contributed by atoms with Gasteiger partial charge < -0.3 is 67.1 Å². The van der Waals surface area contributed by atoms with E-state index in [4.69, 9.17) is 67.1 Å². The predicted molar refractivity (Wildman–Crippen MR) is 341 cm³/mol. The van der Waals surface area contributed by atoms with Crippen LogP contribution in [0, 0.1) is 11.8 Å². The van der Waals surface area contributed by atoms with E-state index in [0.29, 0.717) is 41.5 Å². The summed E-state index contributed by atoms with van der Waals surface area (Å²) in [7, 11) is -52.4. The van der Waals surface area contributed by atoms with Gasteiger partial charge in [0, 0.05) is 53.6 Å². The maximum atomic E-state index is 14.3. The Hall–Kier alpha value is -6.35. The highest BCUT2D eigenvalue weighted by atomic mass is 28.6. The average molecular weight is 1380 g/mol. The molecule has 0 N–H and O–H groups in total. The number of hydrogen-bond donors (Lipinski definition) is 0. The van der Waals surface area contributed by atoms with E-state index in [1.54, 1.807) is 13.1 Å². The van der Waals surface area contributed by atoms with Gasteiger partial charge in [-0.3, -0.25) is 19.2 Å². The number of carbonyl (C=O) groups is 4. The van der Waals surface area contributed by atoms with E-state index in [1.807, 2.05) is 243 Å². The van der Waals surface area contributed by atoms with Crippen molar-refractivity contribution in [2.45, 2.75) is 38.0 Å². The summed E-state index contributed by atoms with van der Waals surface area (Å²) in [5.74, 6) is -5.23. The molecule has 8 saturated heterocycles. The van der Waals surface area contributed by atoms with Crippen molar-refractivity contribution >= 4 is 153 Å². The summed E-state index contributed by atoms with van der Waals surface area (Å²) in [6.45, 7) is 3.55. The second-order valence-electron chi connectivity index (χ2n) is 22.9. The molecule has 0 spiro atoms. The topological polar surface area (TPSA) is 216 Å². The quantitative estimate of drug-likeness (QED) is 0.0974. The van der Waals surface area contributed by atoms with Gasteiger partial charge >= 0.3 is 111 Å². The Morgan fingerprint density at radius 1 is 0.256 bits per heavy atom. The van der Waals surface area contributed by atoms with Crippen LogP contribution in [0.15, 0.2) is 243 Å². The Labute approximate surface area is 528 Å². The lowest BCUT2D eigenvalue weighted by molar-refractivity contribution is -0.154. The van der Waals surface area contributed by atoms with Gasteiger partial charge in [0.25, 0.3) is 0 Å². The first kappa shape index (κ1) is 59.9. The van der Waals surface area contributed by atoms with Crippen molar-refractivity contribution in [3.05, 3.63) is 243 Å². The lowest BCUT2D eigenvalue weighted by Gasteiger charge is -2.61. The number of fused-ring (bicyclic) bond motifs is 4. The number of ether oxygens (including phenoxy) is 2. The fourth-order valence-corrected chi connectivity index (χ4v) is 69.6. The Kier molecular flexibility index (Phi) is 15.1. The molecule has 2 unspecified atom stereocenters. The van der Waals surface area contributed by atoms with E-state index in [2.05, 4.69) is 0 Å². The van der Waals surface area contributed by atoms with Crippen molar-refractivity contribution in [2.75, 3.05) is 0 Å². The molecule has 0 radical (unpaired) electrons. The third-order valence-electron chi connectivity index (χ3n) is 16.3. The van der Waals surface area contributed by atoms with Gasteiger partial charge in [-0.05, 0) is 13.1 Å². The van der Waals surface area contributed by atoms with Gasteiger partial charge in [-0.2, -0.15) is 0 Å². The molecule has 16 rings (SSSR count). The summed E-state index contributed by atoms with van der Waals surface area (Å²) in [4.78, 5) is 55.4.